The van der Waals surface area contributed by atoms with Crippen molar-refractivity contribution in [1.29, 1.82) is 0 Å². The third kappa shape index (κ3) is 4.08. The second kappa shape index (κ2) is 7.05. The van der Waals surface area contributed by atoms with Crippen molar-refractivity contribution in [2.75, 3.05) is 6.26 Å². The van der Waals surface area contributed by atoms with Crippen LogP contribution < -0.4 is 10.1 Å². The molecule has 0 unspecified atom stereocenters. The molecule has 0 aliphatic carbocycles. The summed E-state index contributed by atoms with van der Waals surface area (Å²) in [5, 5.41) is 7.96. The summed E-state index contributed by atoms with van der Waals surface area (Å²) >= 11 is 0. The summed E-state index contributed by atoms with van der Waals surface area (Å²) < 4.78 is 30.8. The fraction of sp³-hybridized carbons (Fsp3) is 0.300. The first-order valence-corrected chi connectivity index (χ1v) is 11.3. The molecule has 31 heavy (non-hydrogen) atoms. The molecule has 0 atom stereocenters. The number of amides is 1. The molecule has 0 saturated heterocycles. The number of aryl methyl sites for hydroxylation is 1. The zero-order valence-corrected chi connectivity index (χ0v) is 18.5. The van der Waals surface area contributed by atoms with Crippen molar-refractivity contribution >= 4 is 38.0 Å². The first-order valence-electron chi connectivity index (χ1n) is 9.44. The second-order valence-electron chi connectivity index (χ2n) is 8.29. The van der Waals surface area contributed by atoms with Gasteiger partial charge in [-0.05, 0) is 39.0 Å². The van der Waals surface area contributed by atoms with Crippen LogP contribution in [0.1, 0.15) is 20.8 Å². The van der Waals surface area contributed by atoms with Gasteiger partial charge in [0.05, 0.1) is 16.6 Å². The van der Waals surface area contributed by atoms with Crippen LogP contribution in [-0.2, 0) is 16.9 Å². The van der Waals surface area contributed by atoms with Gasteiger partial charge in [-0.15, -0.1) is 0 Å². The zero-order valence-electron chi connectivity index (χ0n) is 17.7. The maximum Gasteiger partial charge on any atom is 0.413 e. The lowest BCUT2D eigenvalue weighted by atomic mass is 10.1. The van der Waals surface area contributed by atoms with E-state index in [2.05, 4.69) is 25.4 Å². The smallest absolute Gasteiger partial charge is 0.406 e. The molecule has 4 rings (SSSR count). The molecule has 162 valence electrons. The molecule has 0 aliphatic rings. The van der Waals surface area contributed by atoms with E-state index in [-0.39, 0.29) is 10.6 Å². The van der Waals surface area contributed by atoms with Crippen LogP contribution in [0, 0.1) is 0 Å². The summed E-state index contributed by atoms with van der Waals surface area (Å²) in [5.41, 5.74) is 2.05. The van der Waals surface area contributed by atoms with E-state index in [9.17, 15) is 13.2 Å². The fourth-order valence-electron chi connectivity index (χ4n) is 3.15. The highest BCUT2D eigenvalue weighted by molar-refractivity contribution is 7.90. The van der Waals surface area contributed by atoms with E-state index < -0.39 is 21.5 Å². The molecule has 0 saturated carbocycles. The van der Waals surface area contributed by atoms with Gasteiger partial charge in [0, 0.05) is 30.4 Å². The average Bonchev–Trinajstić information content (AvgIpc) is 3.20. The SMILES string of the molecule is Cn1nc(-c2cnc3[nH]cc(OC(=O)NC(C)(C)C)c3n2)c2ccc(S(C)(=O)=O)cc21. The van der Waals surface area contributed by atoms with Gasteiger partial charge in [-0.1, -0.05) is 0 Å². The van der Waals surface area contributed by atoms with Gasteiger partial charge >= 0.3 is 6.09 Å². The van der Waals surface area contributed by atoms with Crippen LogP contribution in [0.5, 0.6) is 5.75 Å². The number of hydrogen-bond acceptors (Lipinski definition) is 7. The Morgan fingerprint density at radius 3 is 2.68 bits per heavy atom. The number of aromatic nitrogens is 5. The number of aromatic amines is 1. The summed E-state index contributed by atoms with van der Waals surface area (Å²) in [6.07, 6.45) is 3.64. The molecule has 4 aromatic rings. The first kappa shape index (κ1) is 20.8. The van der Waals surface area contributed by atoms with Gasteiger partial charge in [0.1, 0.15) is 11.4 Å². The molecular formula is C20H22N6O4S. The Balaban J connectivity index is 1.77. The van der Waals surface area contributed by atoms with Crippen molar-refractivity contribution in [3.63, 3.8) is 0 Å². The van der Waals surface area contributed by atoms with Gasteiger partial charge in [-0.2, -0.15) is 5.10 Å². The third-order valence-electron chi connectivity index (χ3n) is 4.52. The van der Waals surface area contributed by atoms with Crippen molar-refractivity contribution in [1.82, 2.24) is 30.0 Å². The summed E-state index contributed by atoms with van der Waals surface area (Å²) in [4.78, 5) is 24.3. The number of carbonyl (C=O) groups excluding carboxylic acids is 1. The monoisotopic (exact) mass is 442 g/mol. The first-order chi connectivity index (χ1) is 14.4. The van der Waals surface area contributed by atoms with Crippen LogP contribution in [0.15, 0.2) is 35.5 Å². The summed E-state index contributed by atoms with van der Waals surface area (Å²) in [5.74, 6) is 0.241. The Morgan fingerprint density at radius 2 is 2.00 bits per heavy atom. The lowest BCUT2D eigenvalue weighted by Crippen LogP contribution is -2.42. The maximum absolute atomic E-state index is 12.2. The molecule has 3 heterocycles. The van der Waals surface area contributed by atoms with Crippen LogP contribution >= 0.6 is 0 Å². The van der Waals surface area contributed by atoms with Crippen molar-refractivity contribution < 1.29 is 17.9 Å². The minimum Gasteiger partial charge on any atom is -0.406 e. The van der Waals surface area contributed by atoms with E-state index in [1.807, 2.05) is 20.8 Å². The molecule has 0 fully saturated rings. The Kier molecular flexibility index (Phi) is 4.73. The molecule has 0 spiro atoms. The van der Waals surface area contributed by atoms with Crippen LogP contribution in [0.2, 0.25) is 0 Å². The normalized spacial score (nSPS) is 12.4. The zero-order chi connectivity index (χ0) is 22.6. The predicted octanol–water partition coefficient (Wildman–Crippen LogP) is 2.80. The molecule has 11 heteroatoms. The topological polar surface area (TPSA) is 132 Å². The number of fused-ring (bicyclic) bond motifs is 2. The molecule has 0 radical (unpaired) electrons. The van der Waals surface area contributed by atoms with E-state index in [1.165, 1.54) is 12.3 Å². The molecule has 1 aromatic carbocycles. The van der Waals surface area contributed by atoms with Crippen molar-refractivity contribution in [3.05, 3.63) is 30.6 Å². The van der Waals surface area contributed by atoms with Gasteiger partial charge in [-0.3, -0.25) is 4.68 Å². The standard InChI is InChI=1S/C20H22N6O4S/c1-20(2,3)24-19(27)30-15-10-22-18-17(15)23-13(9-21-18)16-12-7-6-11(31(5,28)29)8-14(12)26(4)25-16/h6-10H,1-5H3,(H,21,22)(H,24,27). The number of carbonyl (C=O) groups is 1. The summed E-state index contributed by atoms with van der Waals surface area (Å²) in [6, 6.07) is 4.82. The Morgan fingerprint density at radius 1 is 1.26 bits per heavy atom. The largest absolute Gasteiger partial charge is 0.413 e. The molecule has 0 aliphatic heterocycles. The van der Waals surface area contributed by atoms with Crippen LogP contribution in [-0.4, -0.2) is 51.0 Å². The highest BCUT2D eigenvalue weighted by Gasteiger charge is 2.20. The van der Waals surface area contributed by atoms with Crippen molar-refractivity contribution in [3.8, 4) is 17.1 Å². The van der Waals surface area contributed by atoms with Crippen molar-refractivity contribution in [2.24, 2.45) is 7.05 Å². The number of nitrogens with zero attached hydrogens (tertiary/aromatic N) is 4. The van der Waals surface area contributed by atoms with E-state index >= 15 is 0 Å². The number of H-pyrrole nitrogens is 1. The number of benzene rings is 1. The summed E-state index contributed by atoms with van der Waals surface area (Å²) in [6.45, 7) is 5.55. The average molecular weight is 443 g/mol. The number of hydrogen-bond donors (Lipinski definition) is 2. The number of rotatable bonds is 3. The van der Waals surface area contributed by atoms with Gasteiger partial charge in [0.25, 0.3) is 0 Å². The van der Waals surface area contributed by atoms with Gasteiger partial charge in [0.15, 0.2) is 26.8 Å². The third-order valence-corrected chi connectivity index (χ3v) is 5.63. The minimum absolute atomic E-state index is 0.210. The quantitative estimate of drug-likeness (QED) is 0.498. The molecule has 1 amide bonds. The number of nitrogens with one attached hydrogen (secondary N) is 2. The van der Waals surface area contributed by atoms with Crippen molar-refractivity contribution in [2.45, 2.75) is 31.2 Å². The second-order valence-corrected chi connectivity index (χ2v) is 10.3. The van der Waals surface area contributed by atoms with Crippen LogP contribution in [0.3, 0.4) is 0 Å². The van der Waals surface area contributed by atoms with E-state index in [0.717, 1.165) is 11.6 Å². The fourth-order valence-corrected chi connectivity index (χ4v) is 3.79. The Bertz CT molecular complexity index is 1430. The number of sulfone groups is 1. The highest BCUT2D eigenvalue weighted by Crippen LogP contribution is 2.30. The van der Waals surface area contributed by atoms with E-state index in [1.54, 1.807) is 30.1 Å². The van der Waals surface area contributed by atoms with Gasteiger partial charge in [-0.25, -0.2) is 23.2 Å². The van der Waals surface area contributed by atoms with Crippen LogP contribution in [0.25, 0.3) is 33.5 Å². The predicted molar refractivity (Wildman–Crippen MR) is 116 cm³/mol. The lowest BCUT2D eigenvalue weighted by Gasteiger charge is -2.19. The molecular weight excluding hydrogens is 420 g/mol. The maximum atomic E-state index is 12.2. The minimum atomic E-state index is -3.35. The molecule has 3 aromatic heterocycles. The lowest BCUT2D eigenvalue weighted by molar-refractivity contribution is 0.191. The molecule has 2 N–H and O–H groups in total. The Hall–Kier alpha value is -3.47. The highest BCUT2D eigenvalue weighted by atomic mass is 32.2. The van der Waals surface area contributed by atoms with E-state index in [4.69, 9.17) is 4.74 Å². The van der Waals surface area contributed by atoms with E-state index in [0.29, 0.717) is 28.1 Å². The van der Waals surface area contributed by atoms with Gasteiger partial charge < -0.3 is 15.0 Å². The number of ether oxygens (including phenoxy) is 1. The molecule has 0 bridgehead atoms. The van der Waals surface area contributed by atoms with Gasteiger partial charge in [0.2, 0.25) is 0 Å². The van der Waals surface area contributed by atoms with Crippen LogP contribution in [0.4, 0.5) is 4.79 Å². The Labute approximate surface area is 178 Å². The summed E-state index contributed by atoms with van der Waals surface area (Å²) in [7, 11) is -1.62. The molecule has 10 nitrogen and oxygen atoms in total.